The number of carbonyl (C=O) groups is 2. The van der Waals surface area contributed by atoms with Crippen molar-refractivity contribution in [2.24, 2.45) is 5.92 Å². The largest absolute Gasteiger partial charge is 0.376 e. The summed E-state index contributed by atoms with van der Waals surface area (Å²) in [4.78, 5) is 26.2. The Hall–Kier alpha value is -1.14. The number of piperazine rings is 1. The number of rotatable bonds is 3. The van der Waals surface area contributed by atoms with E-state index in [1.54, 1.807) is 4.90 Å². The standard InChI is InChI=1S/C15H24N2O4/c18-13-9-17(8-12-10-20-6-7-21-12)15(19)14(16-13)11-4-2-1-3-5-11/h11-12,14H,1-10H2,(H,16,18). The molecule has 1 aliphatic carbocycles. The first kappa shape index (κ1) is 14.8. The minimum Gasteiger partial charge on any atom is -0.376 e. The zero-order chi connectivity index (χ0) is 14.7. The predicted molar refractivity (Wildman–Crippen MR) is 75.6 cm³/mol. The molecule has 0 spiro atoms. The van der Waals surface area contributed by atoms with Gasteiger partial charge >= 0.3 is 0 Å². The second-order valence-electron chi connectivity index (χ2n) is 6.23. The first-order valence-electron chi connectivity index (χ1n) is 8.01. The molecule has 0 radical (unpaired) electrons. The van der Waals surface area contributed by atoms with Crippen molar-refractivity contribution < 1.29 is 19.1 Å². The van der Waals surface area contributed by atoms with Crippen LogP contribution in [0.25, 0.3) is 0 Å². The van der Waals surface area contributed by atoms with E-state index in [0.29, 0.717) is 32.3 Å². The van der Waals surface area contributed by atoms with Gasteiger partial charge in [-0.1, -0.05) is 19.3 Å². The third kappa shape index (κ3) is 3.55. The molecule has 3 fully saturated rings. The van der Waals surface area contributed by atoms with Gasteiger partial charge in [0.1, 0.15) is 6.04 Å². The second-order valence-corrected chi connectivity index (χ2v) is 6.23. The van der Waals surface area contributed by atoms with Crippen LogP contribution in [0.5, 0.6) is 0 Å². The maximum atomic E-state index is 12.7. The molecule has 6 heteroatoms. The molecule has 6 nitrogen and oxygen atoms in total. The Kier molecular flexibility index (Phi) is 4.75. The third-order valence-electron chi connectivity index (χ3n) is 4.66. The van der Waals surface area contributed by atoms with Crippen LogP contribution in [0, 0.1) is 5.92 Å². The highest BCUT2D eigenvalue weighted by Crippen LogP contribution is 2.28. The molecular formula is C15H24N2O4. The molecule has 2 heterocycles. The molecule has 0 aromatic rings. The molecule has 0 aromatic heterocycles. The molecule has 0 aromatic carbocycles. The summed E-state index contributed by atoms with van der Waals surface area (Å²) in [6.07, 6.45) is 5.51. The van der Waals surface area contributed by atoms with Crippen LogP contribution in [0.3, 0.4) is 0 Å². The topological polar surface area (TPSA) is 67.9 Å². The number of hydrogen-bond acceptors (Lipinski definition) is 4. The lowest BCUT2D eigenvalue weighted by Gasteiger charge is -2.39. The van der Waals surface area contributed by atoms with Gasteiger partial charge in [0.2, 0.25) is 11.8 Å². The number of amides is 2. The molecule has 2 amide bonds. The zero-order valence-corrected chi connectivity index (χ0v) is 12.4. The van der Waals surface area contributed by atoms with Crippen molar-refractivity contribution in [1.82, 2.24) is 10.2 Å². The van der Waals surface area contributed by atoms with E-state index in [1.807, 2.05) is 0 Å². The molecule has 2 aliphatic heterocycles. The number of nitrogens with one attached hydrogen (secondary N) is 1. The van der Waals surface area contributed by atoms with Gasteiger partial charge in [-0.25, -0.2) is 0 Å². The summed E-state index contributed by atoms with van der Waals surface area (Å²) >= 11 is 0. The molecule has 118 valence electrons. The summed E-state index contributed by atoms with van der Waals surface area (Å²) in [7, 11) is 0. The van der Waals surface area contributed by atoms with Gasteiger partial charge in [0.05, 0.1) is 32.5 Å². The van der Waals surface area contributed by atoms with E-state index in [1.165, 1.54) is 6.42 Å². The number of nitrogens with zero attached hydrogens (tertiary/aromatic N) is 1. The molecule has 1 saturated carbocycles. The maximum absolute atomic E-state index is 12.7. The molecule has 1 N–H and O–H groups in total. The third-order valence-corrected chi connectivity index (χ3v) is 4.66. The summed E-state index contributed by atoms with van der Waals surface area (Å²) in [5.41, 5.74) is 0. The fourth-order valence-corrected chi connectivity index (χ4v) is 3.56. The van der Waals surface area contributed by atoms with Crippen molar-refractivity contribution in [3.05, 3.63) is 0 Å². The quantitative estimate of drug-likeness (QED) is 0.814. The van der Waals surface area contributed by atoms with E-state index in [2.05, 4.69) is 5.32 Å². The molecule has 3 aliphatic rings. The lowest BCUT2D eigenvalue weighted by Crippen LogP contribution is -2.62. The average molecular weight is 296 g/mol. The fraction of sp³-hybridized carbons (Fsp3) is 0.867. The molecular weight excluding hydrogens is 272 g/mol. The van der Waals surface area contributed by atoms with Gasteiger partial charge in [0, 0.05) is 6.54 Å². The highest BCUT2D eigenvalue weighted by atomic mass is 16.6. The summed E-state index contributed by atoms with van der Waals surface area (Å²) in [6.45, 7) is 2.26. The number of carbonyl (C=O) groups excluding carboxylic acids is 2. The minimum absolute atomic E-state index is 0.0515. The van der Waals surface area contributed by atoms with E-state index in [-0.39, 0.29) is 30.5 Å². The Morgan fingerprint density at radius 1 is 1.14 bits per heavy atom. The number of hydrogen-bond donors (Lipinski definition) is 1. The van der Waals surface area contributed by atoms with Gasteiger partial charge in [-0.15, -0.1) is 0 Å². The highest BCUT2D eigenvalue weighted by Gasteiger charge is 2.39. The van der Waals surface area contributed by atoms with E-state index in [0.717, 1.165) is 25.7 Å². The van der Waals surface area contributed by atoms with Crippen LogP contribution < -0.4 is 5.32 Å². The van der Waals surface area contributed by atoms with E-state index in [4.69, 9.17) is 9.47 Å². The minimum atomic E-state index is -0.337. The molecule has 21 heavy (non-hydrogen) atoms. The van der Waals surface area contributed by atoms with Crippen molar-refractivity contribution >= 4 is 11.8 Å². The molecule has 2 saturated heterocycles. The Bertz CT molecular complexity index is 389. The normalized spacial score (nSPS) is 32.1. The van der Waals surface area contributed by atoms with E-state index in [9.17, 15) is 9.59 Å². The fourth-order valence-electron chi connectivity index (χ4n) is 3.56. The first-order chi connectivity index (χ1) is 10.2. The second kappa shape index (κ2) is 6.75. The van der Waals surface area contributed by atoms with Crippen LogP contribution in [0.15, 0.2) is 0 Å². The van der Waals surface area contributed by atoms with Gasteiger partial charge in [0.25, 0.3) is 0 Å². The van der Waals surface area contributed by atoms with Gasteiger partial charge in [-0.05, 0) is 18.8 Å². The SMILES string of the molecule is O=C1CN(CC2COCCO2)C(=O)C(C2CCCCC2)N1. The highest BCUT2D eigenvalue weighted by molar-refractivity contribution is 5.95. The van der Waals surface area contributed by atoms with E-state index >= 15 is 0 Å². The van der Waals surface area contributed by atoms with Crippen LogP contribution in [0.2, 0.25) is 0 Å². The van der Waals surface area contributed by atoms with Crippen LogP contribution in [0.4, 0.5) is 0 Å². The Labute approximate surface area is 125 Å². The Balaban J connectivity index is 1.63. The van der Waals surface area contributed by atoms with Gasteiger partial charge < -0.3 is 19.7 Å². The van der Waals surface area contributed by atoms with Gasteiger partial charge in [-0.2, -0.15) is 0 Å². The summed E-state index contributed by atoms with van der Waals surface area (Å²) in [5, 5.41) is 2.90. The molecule has 2 atom stereocenters. The maximum Gasteiger partial charge on any atom is 0.245 e. The lowest BCUT2D eigenvalue weighted by atomic mass is 9.82. The van der Waals surface area contributed by atoms with Gasteiger partial charge in [-0.3, -0.25) is 9.59 Å². The van der Waals surface area contributed by atoms with Crippen LogP contribution >= 0.6 is 0 Å². The molecule has 3 rings (SSSR count). The van der Waals surface area contributed by atoms with Crippen molar-refractivity contribution in [3.8, 4) is 0 Å². The Morgan fingerprint density at radius 3 is 2.67 bits per heavy atom. The lowest BCUT2D eigenvalue weighted by molar-refractivity contribution is -0.151. The Morgan fingerprint density at radius 2 is 1.95 bits per heavy atom. The number of ether oxygens (including phenoxy) is 2. The van der Waals surface area contributed by atoms with Crippen molar-refractivity contribution in [1.29, 1.82) is 0 Å². The van der Waals surface area contributed by atoms with Crippen LogP contribution in [-0.2, 0) is 19.1 Å². The summed E-state index contributed by atoms with van der Waals surface area (Å²) < 4.78 is 11.0. The average Bonchev–Trinajstić information content (AvgIpc) is 2.52. The smallest absolute Gasteiger partial charge is 0.245 e. The molecule has 2 unspecified atom stereocenters. The van der Waals surface area contributed by atoms with Gasteiger partial charge in [0.15, 0.2) is 0 Å². The predicted octanol–water partition coefficient (Wildman–Crippen LogP) is 0.309. The molecule has 0 bridgehead atoms. The van der Waals surface area contributed by atoms with Crippen molar-refractivity contribution in [2.45, 2.75) is 44.2 Å². The summed E-state index contributed by atoms with van der Waals surface area (Å²) in [6, 6.07) is -0.337. The first-order valence-corrected chi connectivity index (χ1v) is 8.01. The van der Waals surface area contributed by atoms with Crippen LogP contribution in [0.1, 0.15) is 32.1 Å². The van der Waals surface area contributed by atoms with Crippen LogP contribution in [-0.4, -0.2) is 61.8 Å². The van der Waals surface area contributed by atoms with Crippen molar-refractivity contribution in [2.75, 3.05) is 32.9 Å². The zero-order valence-electron chi connectivity index (χ0n) is 12.4. The van der Waals surface area contributed by atoms with Crippen molar-refractivity contribution in [3.63, 3.8) is 0 Å². The monoisotopic (exact) mass is 296 g/mol. The summed E-state index contributed by atoms with van der Waals surface area (Å²) in [5.74, 6) is 0.291. The van der Waals surface area contributed by atoms with E-state index < -0.39 is 0 Å².